The second-order valence-corrected chi connectivity index (χ2v) is 5.95. The van der Waals surface area contributed by atoms with Gasteiger partial charge in [0.25, 0.3) is 0 Å². The number of benzene rings is 2. The molecule has 0 aliphatic carbocycles. The van der Waals surface area contributed by atoms with Crippen molar-refractivity contribution in [3.05, 3.63) is 69.2 Å². The maximum Gasteiger partial charge on any atom is 0.0639 e. The summed E-state index contributed by atoms with van der Waals surface area (Å²) < 4.78 is 0. The summed E-state index contributed by atoms with van der Waals surface area (Å²) >= 11 is 12.3. The van der Waals surface area contributed by atoms with Crippen LogP contribution in [0.1, 0.15) is 42.6 Å². The Labute approximate surface area is 130 Å². The highest BCUT2D eigenvalue weighted by Gasteiger charge is 2.15. The van der Waals surface area contributed by atoms with E-state index in [1.165, 1.54) is 11.1 Å². The Morgan fingerprint density at radius 1 is 0.950 bits per heavy atom. The predicted octanol–water partition coefficient (Wildman–Crippen LogP) is 5.71. The average Bonchev–Trinajstić information content (AvgIpc) is 2.41. The van der Waals surface area contributed by atoms with Crippen molar-refractivity contribution in [1.29, 1.82) is 0 Å². The molecule has 106 valence electrons. The van der Waals surface area contributed by atoms with E-state index in [-0.39, 0.29) is 12.1 Å². The molecule has 0 saturated carbocycles. The molecule has 0 aromatic heterocycles. The molecule has 0 aliphatic rings. The second kappa shape index (κ2) is 6.62. The van der Waals surface area contributed by atoms with Crippen LogP contribution < -0.4 is 5.32 Å². The Morgan fingerprint density at radius 3 is 2.35 bits per heavy atom. The van der Waals surface area contributed by atoms with Crippen LogP contribution in [0.3, 0.4) is 0 Å². The quantitative estimate of drug-likeness (QED) is 0.762. The number of rotatable bonds is 4. The van der Waals surface area contributed by atoms with Crippen molar-refractivity contribution in [2.24, 2.45) is 0 Å². The third kappa shape index (κ3) is 3.54. The highest BCUT2D eigenvalue weighted by Crippen LogP contribution is 2.31. The molecule has 20 heavy (non-hydrogen) atoms. The molecule has 0 bridgehead atoms. The summed E-state index contributed by atoms with van der Waals surface area (Å²) in [5, 5.41) is 4.79. The molecule has 2 aromatic carbocycles. The zero-order valence-corrected chi connectivity index (χ0v) is 13.5. The summed E-state index contributed by atoms with van der Waals surface area (Å²) in [5.41, 5.74) is 3.57. The molecule has 2 rings (SSSR count). The van der Waals surface area contributed by atoms with Gasteiger partial charge in [-0.2, -0.15) is 0 Å². The molecule has 0 radical (unpaired) electrons. The van der Waals surface area contributed by atoms with Crippen molar-refractivity contribution >= 4 is 23.2 Å². The minimum absolute atomic E-state index is 0.136. The van der Waals surface area contributed by atoms with Crippen LogP contribution in [0.4, 0.5) is 0 Å². The predicted molar refractivity (Wildman–Crippen MR) is 87.6 cm³/mol. The summed E-state index contributed by atoms with van der Waals surface area (Å²) in [7, 11) is 0. The molecule has 0 fully saturated rings. The molecule has 0 spiro atoms. The van der Waals surface area contributed by atoms with E-state index >= 15 is 0 Å². The van der Waals surface area contributed by atoms with E-state index in [4.69, 9.17) is 23.2 Å². The Balaban J connectivity index is 2.15. The molecule has 0 heterocycles. The summed E-state index contributed by atoms with van der Waals surface area (Å²) in [6.45, 7) is 6.36. The van der Waals surface area contributed by atoms with Crippen molar-refractivity contribution in [3.8, 4) is 0 Å². The van der Waals surface area contributed by atoms with Gasteiger partial charge in [-0.3, -0.25) is 0 Å². The van der Waals surface area contributed by atoms with Crippen molar-refractivity contribution in [2.75, 3.05) is 0 Å². The number of aryl methyl sites for hydroxylation is 1. The van der Waals surface area contributed by atoms with Gasteiger partial charge in [-0.05, 0) is 38.0 Å². The standard InChI is InChI=1S/C17H19Cl2N/c1-11-6-4-7-14(10-11)12(2)20-13(3)15-8-5-9-16(18)17(15)19/h4-10,12-13,20H,1-3H3/t12-,13?/m0/s1. The average molecular weight is 308 g/mol. The number of hydrogen-bond acceptors (Lipinski definition) is 1. The van der Waals surface area contributed by atoms with Crippen molar-refractivity contribution in [2.45, 2.75) is 32.9 Å². The Morgan fingerprint density at radius 2 is 1.65 bits per heavy atom. The Bertz CT molecular complexity index is 595. The minimum atomic E-state index is 0.136. The van der Waals surface area contributed by atoms with Crippen molar-refractivity contribution in [3.63, 3.8) is 0 Å². The van der Waals surface area contributed by atoms with E-state index in [9.17, 15) is 0 Å². The van der Waals surface area contributed by atoms with E-state index in [0.29, 0.717) is 10.0 Å². The Hall–Kier alpha value is -1.02. The van der Waals surface area contributed by atoms with Gasteiger partial charge in [0.1, 0.15) is 0 Å². The van der Waals surface area contributed by atoms with Gasteiger partial charge in [-0.15, -0.1) is 0 Å². The van der Waals surface area contributed by atoms with Gasteiger partial charge in [-0.25, -0.2) is 0 Å². The van der Waals surface area contributed by atoms with Crippen LogP contribution in [0.5, 0.6) is 0 Å². The number of nitrogens with one attached hydrogen (secondary N) is 1. The fraction of sp³-hybridized carbons (Fsp3) is 0.294. The maximum atomic E-state index is 6.27. The van der Waals surface area contributed by atoms with Gasteiger partial charge in [0.2, 0.25) is 0 Å². The first kappa shape index (κ1) is 15.4. The molecule has 2 aromatic rings. The normalized spacial score (nSPS) is 14.1. The van der Waals surface area contributed by atoms with Gasteiger partial charge in [-0.1, -0.05) is 65.2 Å². The van der Waals surface area contributed by atoms with Crippen LogP contribution in [-0.4, -0.2) is 0 Å². The summed E-state index contributed by atoms with van der Waals surface area (Å²) in [4.78, 5) is 0. The highest BCUT2D eigenvalue weighted by atomic mass is 35.5. The van der Waals surface area contributed by atoms with Crippen LogP contribution in [-0.2, 0) is 0 Å². The molecule has 3 heteroatoms. The van der Waals surface area contributed by atoms with Crippen molar-refractivity contribution in [1.82, 2.24) is 5.32 Å². The van der Waals surface area contributed by atoms with Crippen LogP contribution in [0.25, 0.3) is 0 Å². The first-order valence-corrected chi connectivity index (χ1v) is 7.51. The van der Waals surface area contributed by atoms with Gasteiger partial charge >= 0.3 is 0 Å². The topological polar surface area (TPSA) is 12.0 Å². The lowest BCUT2D eigenvalue weighted by Gasteiger charge is -2.22. The van der Waals surface area contributed by atoms with E-state index in [1.54, 1.807) is 0 Å². The summed E-state index contributed by atoms with van der Waals surface area (Å²) in [6, 6.07) is 14.7. The number of halogens is 2. The Kier molecular flexibility index (Phi) is 5.09. The van der Waals surface area contributed by atoms with Crippen LogP contribution in [0, 0.1) is 6.92 Å². The van der Waals surface area contributed by atoms with Gasteiger partial charge in [0, 0.05) is 12.1 Å². The first-order valence-electron chi connectivity index (χ1n) is 6.75. The van der Waals surface area contributed by atoms with E-state index in [1.807, 2.05) is 18.2 Å². The molecule has 2 atom stereocenters. The highest BCUT2D eigenvalue weighted by molar-refractivity contribution is 6.42. The number of hydrogen-bond donors (Lipinski definition) is 1. The second-order valence-electron chi connectivity index (χ2n) is 5.17. The van der Waals surface area contributed by atoms with E-state index < -0.39 is 0 Å². The SMILES string of the molecule is Cc1cccc([C@H](C)NC(C)c2cccc(Cl)c2Cl)c1. The monoisotopic (exact) mass is 307 g/mol. The zero-order chi connectivity index (χ0) is 14.7. The minimum Gasteiger partial charge on any atom is -0.304 e. The van der Waals surface area contributed by atoms with Gasteiger partial charge in [0.15, 0.2) is 0 Å². The molecular weight excluding hydrogens is 289 g/mol. The molecule has 1 nitrogen and oxygen atoms in total. The first-order chi connectivity index (χ1) is 9.49. The van der Waals surface area contributed by atoms with Crippen LogP contribution in [0.15, 0.2) is 42.5 Å². The molecule has 1 unspecified atom stereocenters. The zero-order valence-electron chi connectivity index (χ0n) is 12.0. The lowest BCUT2D eigenvalue weighted by molar-refractivity contribution is 0.494. The summed E-state index contributed by atoms with van der Waals surface area (Å²) in [6.07, 6.45) is 0. The summed E-state index contributed by atoms with van der Waals surface area (Å²) in [5.74, 6) is 0. The van der Waals surface area contributed by atoms with E-state index in [0.717, 1.165) is 5.56 Å². The molecule has 1 N–H and O–H groups in total. The molecular formula is C17H19Cl2N. The third-order valence-electron chi connectivity index (χ3n) is 3.49. The maximum absolute atomic E-state index is 6.27. The molecule has 0 saturated heterocycles. The largest absolute Gasteiger partial charge is 0.304 e. The van der Waals surface area contributed by atoms with E-state index in [2.05, 4.69) is 50.4 Å². The third-order valence-corrected chi connectivity index (χ3v) is 4.32. The molecule has 0 amide bonds. The van der Waals surface area contributed by atoms with Gasteiger partial charge < -0.3 is 5.32 Å². The van der Waals surface area contributed by atoms with Crippen molar-refractivity contribution < 1.29 is 0 Å². The van der Waals surface area contributed by atoms with Crippen LogP contribution >= 0.6 is 23.2 Å². The fourth-order valence-corrected chi connectivity index (χ4v) is 2.83. The smallest absolute Gasteiger partial charge is 0.0639 e. The fourth-order valence-electron chi connectivity index (χ4n) is 2.36. The van der Waals surface area contributed by atoms with Crippen LogP contribution in [0.2, 0.25) is 10.0 Å². The van der Waals surface area contributed by atoms with Gasteiger partial charge in [0.05, 0.1) is 10.0 Å². The lowest BCUT2D eigenvalue weighted by Crippen LogP contribution is -2.22. The molecule has 0 aliphatic heterocycles. The lowest BCUT2D eigenvalue weighted by atomic mass is 10.0.